The van der Waals surface area contributed by atoms with Gasteiger partial charge in [0.1, 0.15) is 12.4 Å². The smallest absolute Gasteiger partial charge is 0.416 e. The topological polar surface area (TPSA) is 56.5 Å². The maximum Gasteiger partial charge on any atom is 0.416 e. The fourth-order valence-electron chi connectivity index (χ4n) is 4.69. The quantitative estimate of drug-likeness (QED) is 0.175. The predicted octanol–water partition coefficient (Wildman–Crippen LogP) is 9.00. The molecule has 0 aliphatic carbocycles. The Hall–Kier alpha value is -4.66. The second-order valence-corrected chi connectivity index (χ2v) is 10.4. The SMILES string of the molecule is O=c1c2ccccc2nc(-c2cccc(C(F)(F)F)c2)n1N=Cc1c(OCc2ccc(Cl)c(Cl)c2)ccc2ccccc12. The molecule has 0 N–H and O–H groups in total. The van der Waals surface area contributed by atoms with Crippen LogP contribution in [0.5, 0.6) is 5.75 Å². The Morgan fingerprint density at radius 1 is 0.837 bits per heavy atom. The molecule has 0 fully saturated rings. The standard InChI is InChI=1S/C33H20Cl2F3N3O2/c34-27-14-12-20(16-28(27)35)19-43-30-15-13-21-6-1-2-9-24(21)26(30)18-39-41-31(22-7-5-8-23(17-22)33(36,37)38)40-29-11-4-3-10-25(29)32(41)42/h1-18H,19H2. The summed E-state index contributed by atoms with van der Waals surface area (Å²) in [5.41, 5.74) is 0.370. The first-order valence-electron chi connectivity index (χ1n) is 13.0. The highest BCUT2D eigenvalue weighted by Crippen LogP contribution is 2.32. The lowest BCUT2D eigenvalue weighted by Crippen LogP contribution is -2.20. The molecule has 0 spiro atoms. The summed E-state index contributed by atoms with van der Waals surface area (Å²) in [4.78, 5) is 18.2. The zero-order valence-electron chi connectivity index (χ0n) is 22.1. The first-order chi connectivity index (χ1) is 20.7. The molecule has 6 rings (SSSR count). The van der Waals surface area contributed by atoms with Crippen LogP contribution in [-0.2, 0) is 12.8 Å². The van der Waals surface area contributed by atoms with Crippen molar-refractivity contribution in [2.45, 2.75) is 12.8 Å². The summed E-state index contributed by atoms with van der Waals surface area (Å²) in [6.07, 6.45) is -3.12. The molecule has 43 heavy (non-hydrogen) atoms. The molecule has 6 aromatic rings. The summed E-state index contributed by atoms with van der Waals surface area (Å²) in [6.45, 7) is 0.170. The first kappa shape index (κ1) is 28.5. The highest BCUT2D eigenvalue weighted by atomic mass is 35.5. The number of alkyl halides is 3. The second kappa shape index (κ2) is 11.6. The third-order valence-corrected chi connectivity index (χ3v) is 7.55. The zero-order chi connectivity index (χ0) is 30.1. The minimum Gasteiger partial charge on any atom is -0.488 e. The molecule has 0 bridgehead atoms. The van der Waals surface area contributed by atoms with Crippen LogP contribution in [0.25, 0.3) is 33.1 Å². The van der Waals surface area contributed by atoms with Gasteiger partial charge in [0, 0.05) is 11.1 Å². The van der Waals surface area contributed by atoms with Gasteiger partial charge in [0.05, 0.1) is 32.7 Å². The highest BCUT2D eigenvalue weighted by molar-refractivity contribution is 6.42. The van der Waals surface area contributed by atoms with E-state index < -0.39 is 17.3 Å². The molecule has 1 aromatic heterocycles. The van der Waals surface area contributed by atoms with Gasteiger partial charge < -0.3 is 4.74 Å². The monoisotopic (exact) mass is 617 g/mol. The molecule has 10 heteroatoms. The average molecular weight is 618 g/mol. The molecule has 0 saturated carbocycles. The number of nitrogens with zero attached hydrogens (tertiary/aromatic N) is 3. The van der Waals surface area contributed by atoms with Crippen LogP contribution in [0, 0.1) is 0 Å². The van der Waals surface area contributed by atoms with Crippen LogP contribution >= 0.6 is 23.2 Å². The van der Waals surface area contributed by atoms with Crippen LogP contribution < -0.4 is 10.3 Å². The number of para-hydroxylation sites is 1. The highest BCUT2D eigenvalue weighted by Gasteiger charge is 2.31. The van der Waals surface area contributed by atoms with E-state index in [4.69, 9.17) is 27.9 Å². The van der Waals surface area contributed by atoms with Gasteiger partial charge in [0.2, 0.25) is 0 Å². The van der Waals surface area contributed by atoms with E-state index in [0.717, 1.165) is 33.1 Å². The summed E-state index contributed by atoms with van der Waals surface area (Å²) in [6, 6.07) is 27.7. The molecule has 0 atom stereocenters. The van der Waals surface area contributed by atoms with Gasteiger partial charge >= 0.3 is 6.18 Å². The van der Waals surface area contributed by atoms with E-state index in [0.29, 0.717) is 26.9 Å². The number of hydrogen-bond acceptors (Lipinski definition) is 4. The number of ether oxygens (including phenoxy) is 1. The fourth-order valence-corrected chi connectivity index (χ4v) is 5.01. The Kier molecular flexibility index (Phi) is 7.64. The Bertz CT molecular complexity index is 2090. The van der Waals surface area contributed by atoms with Crippen molar-refractivity contribution in [1.82, 2.24) is 9.66 Å². The lowest BCUT2D eigenvalue weighted by molar-refractivity contribution is -0.137. The van der Waals surface area contributed by atoms with E-state index in [9.17, 15) is 18.0 Å². The first-order valence-corrected chi connectivity index (χ1v) is 13.8. The molecule has 5 aromatic carbocycles. The van der Waals surface area contributed by atoms with Gasteiger partial charge in [-0.25, -0.2) is 4.98 Å². The predicted molar refractivity (Wildman–Crippen MR) is 164 cm³/mol. The lowest BCUT2D eigenvalue weighted by atomic mass is 10.0. The Morgan fingerprint density at radius 2 is 1.60 bits per heavy atom. The third-order valence-electron chi connectivity index (χ3n) is 6.81. The van der Waals surface area contributed by atoms with Gasteiger partial charge in [0.15, 0.2) is 5.82 Å². The van der Waals surface area contributed by atoms with Gasteiger partial charge in [-0.15, -0.1) is 0 Å². The lowest BCUT2D eigenvalue weighted by Gasteiger charge is -2.14. The number of benzene rings is 5. The minimum absolute atomic E-state index is 0.0374. The minimum atomic E-state index is -4.58. The Morgan fingerprint density at radius 3 is 2.40 bits per heavy atom. The maximum absolute atomic E-state index is 13.7. The summed E-state index contributed by atoms with van der Waals surface area (Å²) < 4.78 is 47.9. The number of hydrogen-bond donors (Lipinski definition) is 0. The molecular weight excluding hydrogens is 598 g/mol. The molecule has 0 aliphatic heterocycles. The van der Waals surface area contributed by atoms with E-state index in [1.807, 2.05) is 30.3 Å². The summed E-state index contributed by atoms with van der Waals surface area (Å²) in [7, 11) is 0. The Balaban J connectivity index is 1.50. The molecule has 214 valence electrons. The van der Waals surface area contributed by atoms with Crippen molar-refractivity contribution < 1.29 is 17.9 Å². The van der Waals surface area contributed by atoms with Gasteiger partial charge in [-0.2, -0.15) is 22.9 Å². The van der Waals surface area contributed by atoms with Crippen LogP contribution in [0.3, 0.4) is 0 Å². The number of halogens is 5. The molecule has 1 heterocycles. The largest absolute Gasteiger partial charge is 0.488 e. The average Bonchev–Trinajstić information content (AvgIpc) is 3.01. The molecule has 0 amide bonds. The van der Waals surface area contributed by atoms with E-state index in [2.05, 4.69) is 10.1 Å². The van der Waals surface area contributed by atoms with Gasteiger partial charge in [-0.1, -0.05) is 83.9 Å². The van der Waals surface area contributed by atoms with Crippen LogP contribution in [0.1, 0.15) is 16.7 Å². The number of fused-ring (bicyclic) bond motifs is 2. The van der Waals surface area contributed by atoms with E-state index in [1.165, 1.54) is 18.3 Å². The van der Waals surface area contributed by atoms with E-state index >= 15 is 0 Å². The van der Waals surface area contributed by atoms with Crippen molar-refractivity contribution in [3.8, 4) is 17.1 Å². The molecule has 0 aliphatic rings. The molecule has 5 nitrogen and oxygen atoms in total. The second-order valence-electron chi connectivity index (χ2n) is 9.63. The van der Waals surface area contributed by atoms with Crippen LogP contribution in [-0.4, -0.2) is 15.9 Å². The maximum atomic E-state index is 13.7. The molecule has 0 saturated heterocycles. The van der Waals surface area contributed by atoms with Crippen molar-refractivity contribution in [3.63, 3.8) is 0 Å². The van der Waals surface area contributed by atoms with Crippen LogP contribution in [0.4, 0.5) is 13.2 Å². The van der Waals surface area contributed by atoms with Crippen LogP contribution in [0.2, 0.25) is 10.0 Å². The molecular formula is C33H20Cl2F3N3O2. The molecule has 0 unspecified atom stereocenters. The summed E-state index contributed by atoms with van der Waals surface area (Å²) in [5.74, 6) is 0.431. The molecule has 0 radical (unpaired) electrons. The summed E-state index contributed by atoms with van der Waals surface area (Å²) in [5, 5.41) is 7.28. The van der Waals surface area contributed by atoms with Crippen molar-refractivity contribution in [2.75, 3.05) is 0 Å². The number of aromatic nitrogens is 2. The van der Waals surface area contributed by atoms with Crippen LogP contribution in [0.15, 0.2) is 113 Å². The van der Waals surface area contributed by atoms with Crippen molar-refractivity contribution in [2.24, 2.45) is 5.10 Å². The van der Waals surface area contributed by atoms with Crippen molar-refractivity contribution in [1.29, 1.82) is 0 Å². The zero-order valence-corrected chi connectivity index (χ0v) is 23.7. The normalized spacial score (nSPS) is 11.9. The Labute approximate surface area is 253 Å². The van der Waals surface area contributed by atoms with E-state index in [-0.39, 0.29) is 23.4 Å². The third kappa shape index (κ3) is 5.84. The van der Waals surface area contributed by atoms with Crippen molar-refractivity contribution >= 4 is 51.1 Å². The van der Waals surface area contributed by atoms with Gasteiger partial charge in [-0.3, -0.25) is 4.79 Å². The van der Waals surface area contributed by atoms with E-state index in [1.54, 1.807) is 48.5 Å². The van der Waals surface area contributed by atoms with Crippen molar-refractivity contribution in [3.05, 3.63) is 140 Å². The summed E-state index contributed by atoms with van der Waals surface area (Å²) >= 11 is 12.2. The fraction of sp³-hybridized carbons (Fsp3) is 0.0606. The van der Waals surface area contributed by atoms with Gasteiger partial charge in [-0.05, 0) is 58.8 Å². The number of rotatable bonds is 6. The van der Waals surface area contributed by atoms with Gasteiger partial charge in [0.25, 0.3) is 5.56 Å².